The molecule has 6 nitrogen and oxygen atoms in total. The predicted octanol–water partition coefficient (Wildman–Crippen LogP) is 5.24. The van der Waals surface area contributed by atoms with Gasteiger partial charge in [0, 0.05) is 33.2 Å². The van der Waals surface area contributed by atoms with Crippen LogP contribution in [0.25, 0.3) is 10.9 Å². The number of hydrogen-bond donors (Lipinski definition) is 4. The van der Waals surface area contributed by atoms with E-state index in [2.05, 4.69) is 5.32 Å². The van der Waals surface area contributed by atoms with Crippen LogP contribution in [0.5, 0.6) is 5.75 Å². The van der Waals surface area contributed by atoms with Gasteiger partial charge in [-0.3, -0.25) is 10.2 Å². The van der Waals surface area contributed by atoms with E-state index in [1.54, 1.807) is 53.1 Å². The zero-order valence-electron chi connectivity index (χ0n) is 16.2. The van der Waals surface area contributed by atoms with Gasteiger partial charge in [-0.2, -0.15) is 0 Å². The van der Waals surface area contributed by atoms with E-state index >= 15 is 0 Å². The van der Waals surface area contributed by atoms with Gasteiger partial charge in [0.1, 0.15) is 17.3 Å². The Morgan fingerprint density at radius 1 is 1.03 bits per heavy atom. The van der Waals surface area contributed by atoms with E-state index in [4.69, 9.17) is 34.3 Å². The molecule has 1 amide bonds. The molecular formula is C23H18Cl2N4O2. The largest absolute Gasteiger partial charge is 0.507 e. The Balaban J connectivity index is 1.78. The Morgan fingerprint density at radius 2 is 1.74 bits per heavy atom. The molecule has 3 aromatic carbocycles. The summed E-state index contributed by atoms with van der Waals surface area (Å²) in [4.78, 5) is 13.1. The number of rotatable bonds is 5. The first kappa shape index (κ1) is 20.8. The van der Waals surface area contributed by atoms with Gasteiger partial charge in [0.15, 0.2) is 0 Å². The SMILES string of the molecule is N=C(N)c1cccc(Cn2c(C(=O)Nc3cc(Cl)cc(Cl)c3)cc3c(O)cccc32)c1. The maximum atomic E-state index is 13.1. The Hall–Kier alpha value is -3.48. The van der Waals surface area contributed by atoms with Gasteiger partial charge in [-0.1, -0.05) is 47.5 Å². The van der Waals surface area contributed by atoms with E-state index < -0.39 is 0 Å². The lowest BCUT2D eigenvalue weighted by atomic mass is 10.1. The minimum Gasteiger partial charge on any atom is -0.507 e. The highest BCUT2D eigenvalue weighted by Crippen LogP contribution is 2.30. The number of phenolic OH excluding ortho intramolecular Hbond substituents is 1. The van der Waals surface area contributed by atoms with E-state index in [9.17, 15) is 9.90 Å². The first-order chi connectivity index (χ1) is 14.8. The van der Waals surface area contributed by atoms with Gasteiger partial charge < -0.3 is 20.7 Å². The van der Waals surface area contributed by atoms with E-state index in [0.29, 0.717) is 44.4 Å². The maximum absolute atomic E-state index is 13.1. The molecule has 31 heavy (non-hydrogen) atoms. The summed E-state index contributed by atoms with van der Waals surface area (Å²) in [5.74, 6) is -0.335. The van der Waals surface area contributed by atoms with Gasteiger partial charge in [0.2, 0.25) is 0 Å². The number of halogens is 2. The molecule has 156 valence electrons. The maximum Gasteiger partial charge on any atom is 0.272 e. The Morgan fingerprint density at radius 3 is 2.45 bits per heavy atom. The van der Waals surface area contributed by atoms with Gasteiger partial charge in [-0.15, -0.1) is 0 Å². The van der Waals surface area contributed by atoms with Gasteiger partial charge in [0.05, 0.1) is 5.52 Å². The molecule has 0 unspecified atom stereocenters. The van der Waals surface area contributed by atoms with Crippen molar-refractivity contribution in [1.29, 1.82) is 5.41 Å². The van der Waals surface area contributed by atoms with E-state index in [1.165, 1.54) is 0 Å². The number of benzene rings is 3. The summed E-state index contributed by atoms with van der Waals surface area (Å²) in [5, 5.41) is 22.2. The third-order valence-corrected chi connectivity index (χ3v) is 5.29. The van der Waals surface area contributed by atoms with Crippen molar-refractivity contribution in [3.8, 4) is 5.75 Å². The average Bonchev–Trinajstić information content (AvgIpc) is 3.07. The molecule has 0 radical (unpaired) electrons. The summed E-state index contributed by atoms with van der Waals surface area (Å²) in [6.07, 6.45) is 0. The van der Waals surface area contributed by atoms with Crippen molar-refractivity contribution >= 4 is 51.5 Å². The highest BCUT2D eigenvalue weighted by molar-refractivity contribution is 6.35. The van der Waals surface area contributed by atoms with Crippen LogP contribution < -0.4 is 11.1 Å². The summed E-state index contributed by atoms with van der Waals surface area (Å²) < 4.78 is 1.80. The number of hydrogen-bond acceptors (Lipinski definition) is 3. The van der Waals surface area contributed by atoms with Crippen LogP contribution in [-0.4, -0.2) is 21.4 Å². The summed E-state index contributed by atoms with van der Waals surface area (Å²) in [6.45, 7) is 0.340. The van der Waals surface area contributed by atoms with Crippen LogP contribution in [0, 0.1) is 5.41 Å². The van der Waals surface area contributed by atoms with Crippen molar-refractivity contribution in [3.63, 3.8) is 0 Å². The number of amides is 1. The molecule has 0 aliphatic rings. The van der Waals surface area contributed by atoms with Crippen molar-refractivity contribution in [2.75, 3.05) is 5.32 Å². The second-order valence-electron chi connectivity index (χ2n) is 7.05. The molecule has 0 aliphatic heterocycles. The van der Waals surface area contributed by atoms with Gasteiger partial charge in [-0.25, -0.2) is 0 Å². The minimum atomic E-state index is -0.378. The lowest BCUT2D eigenvalue weighted by molar-refractivity contribution is 0.101. The number of carbonyl (C=O) groups is 1. The first-order valence-electron chi connectivity index (χ1n) is 9.34. The summed E-state index contributed by atoms with van der Waals surface area (Å²) in [7, 11) is 0. The number of nitrogen functional groups attached to an aromatic ring is 1. The molecule has 0 fully saturated rings. The van der Waals surface area contributed by atoms with Crippen molar-refractivity contribution in [1.82, 2.24) is 4.57 Å². The molecule has 1 heterocycles. The highest BCUT2D eigenvalue weighted by Gasteiger charge is 2.18. The van der Waals surface area contributed by atoms with Crippen LogP contribution in [0.2, 0.25) is 10.0 Å². The number of aromatic nitrogens is 1. The zero-order chi connectivity index (χ0) is 22.1. The number of phenols is 1. The van der Waals surface area contributed by atoms with Crippen LogP contribution in [0.3, 0.4) is 0 Å². The van der Waals surface area contributed by atoms with Crippen LogP contribution in [0.15, 0.2) is 66.7 Å². The fourth-order valence-corrected chi connectivity index (χ4v) is 3.99. The molecule has 4 aromatic rings. The number of fused-ring (bicyclic) bond motifs is 1. The molecule has 0 atom stereocenters. The fraction of sp³-hybridized carbons (Fsp3) is 0.0435. The quantitative estimate of drug-likeness (QED) is 0.245. The molecule has 0 aliphatic carbocycles. The fourth-order valence-electron chi connectivity index (χ4n) is 3.47. The van der Waals surface area contributed by atoms with E-state index in [0.717, 1.165) is 5.56 Å². The van der Waals surface area contributed by atoms with Crippen LogP contribution in [0.1, 0.15) is 21.6 Å². The average molecular weight is 453 g/mol. The molecular weight excluding hydrogens is 435 g/mol. The van der Waals surface area contributed by atoms with Gasteiger partial charge in [-0.05, 0) is 48.0 Å². The summed E-state index contributed by atoms with van der Waals surface area (Å²) in [5.41, 5.74) is 8.57. The number of carbonyl (C=O) groups excluding carboxylic acids is 1. The van der Waals surface area contributed by atoms with Gasteiger partial charge in [0.25, 0.3) is 5.91 Å². The molecule has 0 saturated heterocycles. The Kier molecular flexibility index (Phi) is 5.59. The number of anilines is 1. The van der Waals surface area contributed by atoms with Crippen LogP contribution in [0.4, 0.5) is 5.69 Å². The Bertz CT molecular complexity index is 1310. The molecule has 0 bridgehead atoms. The lowest BCUT2D eigenvalue weighted by Crippen LogP contribution is -2.18. The summed E-state index contributed by atoms with van der Waals surface area (Å²) in [6, 6.07) is 18.8. The third kappa shape index (κ3) is 4.35. The number of nitrogens with two attached hydrogens (primary N) is 1. The van der Waals surface area contributed by atoms with Crippen LogP contribution >= 0.6 is 23.2 Å². The molecule has 0 spiro atoms. The normalized spacial score (nSPS) is 10.9. The number of aromatic hydroxyl groups is 1. The highest BCUT2D eigenvalue weighted by atomic mass is 35.5. The first-order valence-corrected chi connectivity index (χ1v) is 10.1. The number of amidine groups is 1. The van der Waals surface area contributed by atoms with Crippen molar-refractivity contribution in [2.45, 2.75) is 6.54 Å². The monoisotopic (exact) mass is 452 g/mol. The number of nitrogens with zero attached hydrogens (tertiary/aromatic N) is 1. The van der Waals surface area contributed by atoms with E-state index in [1.807, 2.05) is 18.2 Å². The number of nitrogens with one attached hydrogen (secondary N) is 2. The van der Waals surface area contributed by atoms with Gasteiger partial charge >= 0.3 is 0 Å². The second-order valence-corrected chi connectivity index (χ2v) is 7.92. The molecule has 5 N–H and O–H groups in total. The minimum absolute atomic E-state index is 0.0346. The molecule has 1 aromatic heterocycles. The van der Waals surface area contributed by atoms with E-state index in [-0.39, 0.29) is 17.5 Å². The topological polar surface area (TPSA) is 104 Å². The van der Waals surface area contributed by atoms with Crippen molar-refractivity contribution in [3.05, 3.63) is 93.6 Å². The van der Waals surface area contributed by atoms with Crippen molar-refractivity contribution < 1.29 is 9.90 Å². The second kappa shape index (κ2) is 8.34. The predicted molar refractivity (Wildman–Crippen MR) is 125 cm³/mol. The Labute approximate surface area is 188 Å². The zero-order valence-corrected chi connectivity index (χ0v) is 17.7. The molecule has 8 heteroatoms. The molecule has 4 rings (SSSR count). The summed E-state index contributed by atoms with van der Waals surface area (Å²) >= 11 is 12.1. The smallest absolute Gasteiger partial charge is 0.272 e. The van der Waals surface area contributed by atoms with Crippen molar-refractivity contribution in [2.24, 2.45) is 5.73 Å². The molecule has 0 saturated carbocycles. The third-order valence-electron chi connectivity index (χ3n) is 4.85. The van der Waals surface area contributed by atoms with Crippen LogP contribution in [-0.2, 0) is 6.54 Å². The standard InChI is InChI=1S/C23H18Cl2N4O2/c24-15-8-16(25)10-17(9-15)28-23(31)20-11-18-19(5-2-6-21(18)30)29(20)12-13-3-1-4-14(7-13)22(26)27/h1-11,30H,12H2,(H3,26,27)(H,28,31). The lowest BCUT2D eigenvalue weighted by Gasteiger charge is -2.13.